The summed E-state index contributed by atoms with van der Waals surface area (Å²) in [5, 5.41) is 14.2. The number of carbonyl (C=O) groups is 2. The van der Waals surface area contributed by atoms with Crippen LogP contribution in [0.25, 0.3) is 0 Å². The minimum Gasteiger partial charge on any atom is -0.475 e. The van der Waals surface area contributed by atoms with Crippen LogP contribution in [0.4, 0.5) is 30.7 Å². The minimum absolute atomic E-state index is 0.0174. The molecule has 1 spiro atoms. The fourth-order valence-electron chi connectivity index (χ4n) is 4.25. The van der Waals surface area contributed by atoms with E-state index in [4.69, 9.17) is 24.5 Å². The zero-order valence-corrected chi connectivity index (χ0v) is 23.1. The van der Waals surface area contributed by atoms with Gasteiger partial charge in [-0.3, -0.25) is 9.88 Å². The van der Waals surface area contributed by atoms with Crippen molar-refractivity contribution >= 4 is 22.0 Å². The number of benzene rings is 1. The maximum absolute atomic E-state index is 13.5. The third-order valence-corrected chi connectivity index (χ3v) is 8.24. The number of aromatic nitrogens is 1. The normalized spacial score (nSPS) is 17.9. The first-order chi connectivity index (χ1) is 19.9. The molecular weight excluding hydrogens is 619 g/mol. The standard InChI is InChI=1S/C21H26FN3O3S.2C2HF3O2/c22-19-4-1-5-20(13-19)29(26,27)25-9-6-21(7-10-25)16-24(11-12-28-17-21)15-18-3-2-8-23-14-18;2*3-2(4,5)1(6)7/h1-5,8,13-14H,6-7,9-12,15-17H2;2*(H,6,7). The van der Waals surface area contributed by atoms with Crippen molar-refractivity contribution in [2.24, 2.45) is 5.41 Å². The quantitative estimate of drug-likeness (QED) is 0.475. The van der Waals surface area contributed by atoms with E-state index in [1.54, 1.807) is 6.20 Å². The van der Waals surface area contributed by atoms with Gasteiger partial charge >= 0.3 is 24.3 Å². The van der Waals surface area contributed by atoms with Gasteiger partial charge in [-0.1, -0.05) is 12.1 Å². The molecule has 0 aliphatic carbocycles. The summed E-state index contributed by atoms with van der Waals surface area (Å²) in [5.41, 5.74) is 1.10. The number of halogens is 7. The molecule has 0 radical (unpaired) electrons. The number of alkyl halides is 6. The molecule has 4 rings (SSSR count). The van der Waals surface area contributed by atoms with Gasteiger partial charge in [0, 0.05) is 50.5 Å². The summed E-state index contributed by atoms with van der Waals surface area (Å²) in [6.45, 7) is 4.69. The number of nitrogens with zero attached hydrogens (tertiary/aromatic N) is 3. The van der Waals surface area contributed by atoms with E-state index in [2.05, 4.69) is 16.0 Å². The lowest BCUT2D eigenvalue weighted by atomic mass is 9.79. The second-order valence-corrected chi connectivity index (χ2v) is 11.5. The van der Waals surface area contributed by atoms with Crippen molar-refractivity contribution in [1.29, 1.82) is 0 Å². The summed E-state index contributed by atoms with van der Waals surface area (Å²) in [5.74, 6) is -6.05. The molecule has 0 amide bonds. The molecule has 2 fully saturated rings. The third-order valence-electron chi connectivity index (χ3n) is 6.35. The van der Waals surface area contributed by atoms with Gasteiger partial charge in [0.25, 0.3) is 0 Å². The van der Waals surface area contributed by atoms with E-state index in [1.165, 1.54) is 22.5 Å². The topological polar surface area (TPSA) is 137 Å². The van der Waals surface area contributed by atoms with Gasteiger partial charge in [0.1, 0.15) is 5.82 Å². The molecule has 10 nitrogen and oxygen atoms in total. The zero-order chi connectivity index (χ0) is 32.5. The molecule has 1 aromatic heterocycles. The molecule has 43 heavy (non-hydrogen) atoms. The van der Waals surface area contributed by atoms with Gasteiger partial charge < -0.3 is 14.9 Å². The summed E-state index contributed by atoms with van der Waals surface area (Å²) in [4.78, 5) is 24.4. The highest BCUT2D eigenvalue weighted by atomic mass is 32.2. The van der Waals surface area contributed by atoms with Crippen LogP contribution in [-0.4, -0.2) is 96.5 Å². The van der Waals surface area contributed by atoms with Crippen molar-refractivity contribution in [1.82, 2.24) is 14.2 Å². The van der Waals surface area contributed by atoms with E-state index in [9.17, 15) is 39.2 Å². The third kappa shape index (κ3) is 11.3. The van der Waals surface area contributed by atoms with Crippen molar-refractivity contribution in [2.75, 3.05) is 39.4 Å². The van der Waals surface area contributed by atoms with E-state index >= 15 is 0 Å². The second-order valence-electron chi connectivity index (χ2n) is 9.59. The average molecular weight is 648 g/mol. The van der Waals surface area contributed by atoms with E-state index in [0.29, 0.717) is 26.3 Å². The van der Waals surface area contributed by atoms with Gasteiger partial charge in [-0.25, -0.2) is 22.4 Å². The Labute approximate surface area is 241 Å². The van der Waals surface area contributed by atoms with Crippen molar-refractivity contribution in [2.45, 2.75) is 36.6 Å². The number of carboxylic acids is 2. The van der Waals surface area contributed by atoms with Crippen LogP contribution in [0.3, 0.4) is 0 Å². The Balaban J connectivity index is 0.000000384. The molecule has 0 bridgehead atoms. The summed E-state index contributed by atoms with van der Waals surface area (Å²) in [7, 11) is -3.68. The summed E-state index contributed by atoms with van der Waals surface area (Å²) < 4.78 is 110. The Morgan fingerprint density at radius 1 is 0.953 bits per heavy atom. The summed E-state index contributed by atoms with van der Waals surface area (Å²) in [6.07, 6.45) is -5.06. The number of rotatable bonds is 4. The fraction of sp³-hybridized carbons (Fsp3) is 0.480. The predicted octanol–water partition coefficient (Wildman–Crippen LogP) is 3.79. The summed E-state index contributed by atoms with van der Waals surface area (Å²) >= 11 is 0. The number of hydrogen-bond donors (Lipinski definition) is 2. The lowest BCUT2D eigenvalue weighted by Gasteiger charge is -2.42. The largest absolute Gasteiger partial charge is 0.490 e. The predicted molar refractivity (Wildman–Crippen MR) is 135 cm³/mol. The van der Waals surface area contributed by atoms with Crippen LogP contribution in [0, 0.1) is 11.2 Å². The Kier molecular flexibility index (Phi) is 12.4. The van der Waals surface area contributed by atoms with Crippen molar-refractivity contribution in [3.8, 4) is 0 Å². The van der Waals surface area contributed by atoms with E-state index in [0.717, 1.165) is 44.1 Å². The molecule has 240 valence electrons. The first kappa shape index (κ1) is 35.8. The molecule has 2 aromatic rings. The van der Waals surface area contributed by atoms with Gasteiger partial charge in [0.2, 0.25) is 10.0 Å². The van der Waals surface area contributed by atoms with Crippen molar-refractivity contribution in [3.05, 3.63) is 60.2 Å². The first-order valence-electron chi connectivity index (χ1n) is 12.4. The van der Waals surface area contributed by atoms with Crippen molar-refractivity contribution in [3.63, 3.8) is 0 Å². The Hall–Kier alpha value is -3.35. The van der Waals surface area contributed by atoms with Gasteiger partial charge in [0.15, 0.2) is 0 Å². The van der Waals surface area contributed by atoms with Crippen LogP contribution in [-0.2, 0) is 30.9 Å². The molecule has 1 aromatic carbocycles. The molecule has 2 aliphatic heterocycles. The van der Waals surface area contributed by atoms with Gasteiger partial charge in [0.05, 0.1) is 18.1 Å². The molecule has 0 saturated carbocycles. The van der Waals surface area contributed by atoms with Crippen LogP contribution >= 0.6 is 0 Å². The molecule has 3 heterocycles. The molecule has 2 N–H and O–H groups in total. The molecule has 0 atom stereocenters. The fourth-order valence-corrected chi connectivity index (χ4v) is 5.72. The average Bonchev–Trinajstić information content (AvgIpc) is 3.11. The number of hydrogen-bond acceptors (Lipinski definition) is 7. The number of carboxylic acid groups (broad SMARTS) is 2. The Morgan fingerprint density at radius 2 is 1.53 bits per heavy atom. The van der Waals surface area contributed by atoms with Gasteiger partial charge in [-0.2, -0.15) is 30.6 Å². The van der Waals surface area contributed by atoms with E-state index < -0.39 is 40.1 Å². The first-order valence-corrected chi connectivity index (χ1v) is 13.8. The maximum atomic E-state index is 13.5. The molecule has 2 saturated heterocycles. The minimum atomic E-state index is -5.08. The highest BCUT2D eigenvalue weighted by Crippen LogP contribution is 2.36. The number of sulfonamides is 1. The van der Waals surface area contributed by atoms with E-state index in [-0.39, 0.29) is 10.3 Å². The SMILES string of the molecule is O=C(O)C(F)(F)F.O=C(O)C(F)(F)F.O=S(=O)(c1cccc(F)c1)N1CCC2(CC1)COCCN(Cc1cccnc1)C2. The number of pyridine rings is 1. The Morgan fingerprint density at radius 3 is 2.02 bits per heavy atom. The van der Waals surface area contributed by atoms with Gasteiger partial charge in [-0.05, 0) is 42.7 Å². The molecule has 18 heteroatoms. The van der Waals surface area contributed by atoms with Crippen LogP contribution in [0.2, 0.25) is 0 Å². The maximum Gasteiger partial charge on any atom is 0.490 e. The van der Waals surface area contributed by atoms with Gasteiger partial charge in [-0.15, -0.1) is 0 Å². The van der Waals surface area contributed by atoms with Crippen molar-refractivity contribution < 1.29 is 63.7 Å². The van der Waals surface area contributed by atoms with E-state index in [1.807, 2.05) is 12.3 Å². The lowest BCUT2D eigenvalue weighted by Crippen LogP contribution is -2.48. The Bertz CT molecular complexity index is 1290. The van der Waals surface area contributed by atoms with Crippen LogP contribution in [0.15, 0.2) is 53.7 Å². The number of aliphatic carboxylic acids is 2. The number of ether oxygens (including phenoxy) is 1. The molecule has 0 unspecified atom stereocenters. The monoisotopic (exact) mass is 647 g/mol. The van der Waals surface area contributed by atoms with Crippen LogP contribution < -0.4 is 0 Å². The summed E-state index contributed by atoms with van der Waals surface area (Å²) in [6, 6.07) is 9.24. The second kappa shape index (κ2) is 14.9. The zero-order valence-electron chi connectivity index (χ0n) is 22.3. The molecule has 2 aliphatic rings. The highest BCUT2D eigenvalue weighted by Gasteiger charge is 2.41. The highest BCUT2D eigenvalue weighted by molar-refractivity contribution is 7.89. The lowest BCUT2D eigenvalue weighted by molar-refractivity contribution is -0.193. The molecular formula is C25H28F7N3O7S. The van der Waals surface area contributed by atoms with Crippen LogP contribution in [0.1, 0.15) is 18.4 Å². The van der Waals surface area contributed by atoms with Crippen LogP contribution in [0.5, 0.6) is 0 Å². The number of piperidine rings is 1. The smallest absolute Gasteiger partial charge is 0.475 e.